The largest absolute Gasteiger partial charge is 0.493 e. The van der Waals surface area contributed by atoms with E-state index in [4.69, 9.17) is 9.84 Å². The van der Waals surface area contributed by atoms with Gasteiger partial charge >= 0.3 is 0 Å². The van der Waals surface area contributed by atoms with Crippen LogP contribution in [0.1, 0.15) is 20.3 Å². The van der Waals surface area contributed by atoms with E-state index in [2.05, 4.69) is 24.8 Å². The maximum absolute atomic E-state index is 8.67. The first-order valence-electron chi connectivity index (χ1n) is 5.90. The normalized spacial score (nSPS) is 10.2. The van der Waals surface area contributed by atoms with Gasteiger partial charge in [0, 0.05) is 37.9 Å². The lowest BCUT2D eigenvalue weighted by Crippen LogP contribution is -2.21. The third kappa shape index (κ3) is 3.74. The summed E-state index contributed by atoms with van der Waals surface area (Å²) < 4.78 is 5.54. The number of aliphatic hydroxyl groups is 1. The zero-order valence-electron chi connectivity index (χ0n) is 10.1. The van der Waals surface area contributed by atoms with Crippen LogP contribution in [0.25, 0.3) is 0 Å². The Labute approximate surface area is 97.7 Å². The van der Waals surface area contributed by atoms with Crippen LogP contribution in [0, 0.1) is 0 Å². The summed E-state index contributed by atoms with van der Waals surface area (Å²) in [7, 11) is 0. The smallest absolute Gasteiger partial charge is 0.121 e. The number of rotatable bonds is 7. The molecular weight excluding hydrogens is 202 g/mol. The average Bonchev–Trinajstić information content (AvgIpc) is 2.32. The van der Waals surface area contributed by atoms with E-state index in [-0.39, 0.29) is 6.61 Å². The van der Waals surface area contributed by atoms with E-state index in [1.165, 1.54) is 5.69 Å². The molecule has 0 atom stereocenters. The molecule has 16 heavy (non-hydrogen) atoms. The summed E-state index contributed by atoms with van der Waals surface area (Å²) in [5, 5.41) is 8.67. The standard InChI is InChI=1S/C13H21NO2/c1-3-14(4-2)12-7-5-8-13(11-12)16-10-6-9-15/h5,7-8,11,15H,3-4,6,9-10H2,1-2H3. The molecule has 0 unspecified atom stereocenters. The van der Waals surface area contributed by atoms with Gasteiger partial charge in [0.1, 0.15) is 5.75 Å². The Balaban J connectivity index is 2.62. The first-order chi connectivity index (χ1) is 7.81. The molecule has 0 aromatic heterocycles. The van der Waals surface area contributed by atoms with E-state index < -0.39 is 0 Å². The zero-order valence-corrected chi connectivity index (χ0v) is 10.1. The molecule has 0 amide bonds. The summed E-state index contributed by atoms with van der Waals surface area (Å²) in [4.78, 5) is 2.28. The van der Waals surface area contributed by atoms with Crippen molar-refractivity contribution < 1.29 is 9.84 Å². The molecule has 90 valence electrons. The predicted octanol–water partition coefficient (Wildman–Crippen LogP) is 2.29. The molecule has 0 spiro atoms. The fraction of sp³-hybridized carbons (Fsp3) is 0.538. The predicted molar refractivity (Wildman–Crippen MR) is 67.2 cm³/mol. The fourth-order valence-electron chi connectivity index (χ4n) is 1.61. The Bertz CT molecular complexity index is 298. The van der Waals surface area contributed by atoms with Crippen molar-refractivity contribution >= 4 is 5.69 Å². The second kappa shape index (κ2) is 7.12. The minimum Gasteiger partial charge on any atom is -0.493 e. The van der Waals surface area contributed by atoms with E-state index in [0.717, 1.165) is 18.8 Å². The van der Waals surface area contributed by atoms with Crippen LogP contribution in [0.15, 0.2) is 24.3 Å². The molecule has 0 saturated heterocycles. The SMILES string of the molecule is CCN(CC)c1cccc(OCCCO)c1. The molecule has 1 aromatic carbocycles. The highest BCUT2D eigenvalue weighted by atomic mass is 16.5. The summed E-state index contributed by atoms with van der Waals surface area (Å²) in [5.41, 5.74) is 1.19. The highest BCUT2D eigenvalue weighted by Crippen LogP contribution is 2.20. The zero-order chi connectivity index (χ0) is 11.8. The van der Waals surface area contributed by atoms with Crippen LogP contribution in [0.4, 0.5) is 5.69 Å². The summed E-state index contributed by atoms with van der Waals surface area (Å²) in [6.07, 6.45) is 0.676. The number of anilines is 1. The van der Waals surface area contributed by atoms with Gasteiger partial charge in [-0.05, 0) is 26.0 Å². The maximum Gasteiger partial charge on any atom is 0.121 e. The molecular formula is C13H21NO2. The Morgan fingerprint density at radius 2 is 2.00 bits per heavy atom. The van der Waals surface area contributed by atoms with Gasteiger partial charge in [-0.3, -0.25) is 0 Å². The lowest BCUT2D eigenvalue weighted by atomic mass is 10.2. The van der Waals surface area contributed by atoms with Crippen molar-refractivity contribution in [2.24, 2.45) is 0 Å². The topological polar surface area (TPSA) is 32.7 Å². The van der Waals surface area contributed by atoms with Crippen LogP contribution in [-0.2, 0) is 0 Å². The van der Waals surface area contributed by atoms with Gasteiger partial charge in [-0.1, -0.05) is 6.07 Å². The van der Waals surface area contributed by atoms with E-state index in [0.29, 0.717) is 13.0 Å². The van der Waals surface area contributed by atoms with Crippen LogP contribution in [-0.4, -0.2) is 31.4 Å². The van der Waals surface area contributed by atoms with Crippen molar-refractivity contribution in [3.05, 3.63) is 24.3 Å². The molecule has 0 bridgehead atoms. The molecule has 0 aliphatic rings. The summed E-state index contributed by atoms with van der Waals surface area (Å²) in [6.45, 7) is 7.02. The minimum atomic E-state index is 0.176. The number of ether oxygens (including phenoxy) is 1. The number of nitrogens with zero attached hydrogens (tertiary/aromatic N) is 1. The van der Waals surface area contributed by atoms with Crippen LogP contribution >= 0.6 is 0 Å². The number of aliphatic hydroxyl groups excluding tert-OH is 1. The Morgan fingerprint density at radius 1 is 1.25 bits per heavy atom. The van der Waals surface area contributed by atoms with Crippen molar-refractivity contribution in [3.63, 3.8) is 0 Å². The van der Waals surface area contributed by atoms with Crippen molar-refractivity contribution in [1.29, 1.82) is 0 Å². The van der Waals surface area contributed by atoms with Crippen molar-refractivity contribution in [2.45, 2.75) is 20.3 Å². The lowest BCUT2D eigenvalue weighted by Gasteiger charge is -2.21. The van der Waals surface area contributed by atoms with E-state index >= 15 is 0 Å². The van der Waals surface area contributed by atoms with Crippen molar-refractivity contribution in [2.75, 3.05) is 31.2 Å². The summed E-state index contributed by atoms with van der Waals surface area (Å²) >= 11 is 0. The van der Waals surface area contributed by atoms with E-state index in [1.807, 2.05) is 18.2 Å². The molecule has 1 rings (SSSR count). The van der Waals surface area contributed by atoms with Crippen LogP contribution in [0.5, 0.6) is 5.75 Å². The number of benzene rings is 1. The van der Waals surface area contributed by atoms with Gasteiger partial charge in [0.25, 0.3) is 0 Å². The summed E-state index contributed by atoms with van der Waals surface area (Å²) in [6, 6.07) is 8.09. The van der Waals surface area contributed by atoms with Gasteiger partial charge in [0.2, 0.25) is 0 Å². The monoisotopic (exact) mass is 223 g/mol. The lowest BCUT2D eigenvalue weighted by molar-refractivity contribution is 0.233. The quantitative estimate of drug-likeness (QED) is 0.720. The summed E-state index contributed by atoms with van der Waals surface area (Å²) in [5.74, 6) is 0.873. The molecule has 0 fully saturated rings. The molecule has 1 N–H and O–H groups in total. The highest BCUT2D eigenvalue weighted by Gasteiger charge is 2.02. The second-order valence-corrected chi connectivity index (χ2v) is 3.60. The van der Waals surface area contributed by atoms with Crippen LogP contribution in [0.3, 0.4) is 0 Å². The second-order valence-electron chi connectivity index (χ2n) is 3.60. The molecule has 0 radical (unpaired) electrons. The molecule has 1 aromatic rings. The molecule has 0 aliphatic carbocycles. The van der Waals surface area contributed by atoms with Crippen LogP contribution < -0.4 is 9.64 Å². The highest BCUT2D eigenvalue weighted by molar-refractivity contribution is 5.50. The van der Waals surface area contributed by atoms with Gasteiger partial charge in [-0.25, -0.2) is 0 Å². The Morgan fingerprint density at radius 3 is 2.62 bits per heavy atom. The molecule has 3 heteroatoms. The first kappa shape index (κ1) is 12.8. The molecule has 0 saturated carbocycles. The van der Waals surface area contributed by atoms with Crippen LogP contribution in [0.2, 0.25) is 0 Å². The fourth-order valence-corrected chi connectivity index (χ4v) is 1.61. The van der Waals surface area contributed by atoms with Crippen molar-refractivity contribution in [1.82, 2.24) is 0 Å². The number of hydrogen-bond donors (Lipinski definition) is 1. The molecule has 3 nitrogen and oxygen atoms in total. The third-order valence-electron chi connectivity index (χ3n) is 2.52. The van der Waals surface area contributed by atoms with E-state index in [9.17, 15) is 0 Å². The van der Waals surface area contributed by atoms with Gasteiger partial charge in [-0.15, -0.1) is 0 Å². The van der Waals surface area contributed by atoms with Gasteiger partial charge in [0.05, 0.1) is 6.61 Å². The molecule has 0 heterocycles. The first-order valence-corrected chi connectivity index (χ1v) is 5.90. The van der Waals surface area contributed by atoms with E-state index in [1.54, 1.807) is 0 Å². The Kier molecular flexibility index (Phi) is 5.72. The minimum absolute atomic E-state index is 0.176. The third-order valence-corrected chi connectivity index (χ3v) is 2.52. The number of hydrogen-bond acceptors (Lipinski definition) is 3. The molecule has 0 aliphatic heterocycles. The van der Waals surface area contributed by atoms with Gasteiger partial charge < -0.3 is 14.7 Å². The van der Waals surface area contributed by atoms with Gasteiger partial charge in [-0.2, -0.15) is 0 Å². The average molecular weight is 223 g/mol. The van der Waals surface area contributed by atoms with Gasteiger partial charge in [0.15, 0.2) is 0 Å². The Hall–Kier alpha value is -1.22. The van der Waals surface area contributed by atoms with Crippen molar-refractivity contribution in [3.8, 4) is 5.75 Å². The maximum atomic E-state index is 8.67.